The van der Waals surface area contributed by atoms with E-state index in [-0.39, 0.29) is 15.6 Å². The molecule has 2 aromatic carbocycles. The number of nitrogens with zero attached hydrogens (tertiary/aromatic N) is 3. The zero-order valence-corrected chi connectivity index (χ0v) is 20.9. The van der Waals surface area contributed by atoms with Gasteiger partial charge in [0.15, 0.2) is 0 Å². The Morgan fingerprint density at radius 1 is 1.03 bits per heavy atom. The summed E-state index contributed by atoms with van der Waals surface area (Å²) in [6, 6.07) is 9.83. The zero-order chi connectivity index (χ0) is 23.8. The lowest BCUT2D eigenvalue weighted by atomic mass is 10.2. The van der Waals surface area contributed by atoms with E-state index in [1.54, 1.807) is 31.4 Å². The number of nitrogens with one attached hydrogen (secondary N) is 1. The molecule has 0 radical (unpaired) electrons. The molecule has 32 heavy (non-hydrogen) atoms. The Balaban J connectivity index is 2.25. The second kappa shape index (κ2) is 12.2. The van der Waals surface area contributed by atoms with Gasteiger partial charge in [-0.25, -0.2) is 18.2 Å². The summed E-state index contributed by atoms with van der Waals surface area (Å²) in [6.45, 7) is 1.67. The van der Waals surface area contributed by atoms with Crippen LogP contribution in [0, 0.1) is 0 Å². The fraction of sp³-hybridized carbons (Fsp3) is 0.158. The second-order valence-electron chi connectivity index (χ2n) is 5.88. The van der Waals surface area contributed by atoms with E-state index in [0.717, 1.165) is 8.61 Å². The van der Waals surface area contributed by atoms with Crippen LogP contribution in [0.3, 0.4) is 0 Å². The first-order chi connectivity index (χ1) is 15.1. The van der Waals surface area contributed by atoms with E-state index in [1.807, 2.05) is 0 Å². The van der Waals surface area contributed by atoms with Crippen molar-refractivity contribution in [2.45, 2.75) is 6.92 Å². The zero-order valence-electron chi connectivity index (χ0n) is 17.0. The number of hydrogen-bond donors (Lipinski definition) is 1. The summed E-state index contributed by atoms with van der Waals surface area (Å²) < 4.78 is 2.09. The number of amides is 4. The molecule has 0 heterocycles. The van der Waals surface area contributed by atoms with Gasteiger partial charge in [-0.2, -0.15) is 0 Å². The molecule has 0 fully saturated rings. The van der Waals surface area contributed by atoms with E-state index < -0.39 is 18.0 Å². The van der Waals surface area contributed by atoms with Gasteiger partial charge < -0.3 is 0 Å². The molecule has 0 saturated heterocycles. The van der Waals surface area contributed by atoms with Crippen LogP contribution in [0.2, 0.25) is 15.1 Å². The number of thioether (sulfide) groups is 1. The third-order valence-electron chi connectivity index (χ3n) is 3.66. The van der Waals surface area contributed by atoms with Gasteiger partial charge in [0.25, 0.3) is 5.91 Å². The summed E-state index contributed by atoms with van der Waals surface area (Å²) in [5.74, 6) is -0.810. The Morgan fingerprint density at radius 3 is 2.19 bits per heavy atom. The quantitative estimate of drug-likeness (QED) is 0.158. The molecule has 0 aromatic heterocycles. The van der Waals surface area contributed by atoms with E-state index >= 15 is 0 Å². The summed E-state index contributed by atoms with van der Waals surface area (Å²) >= 11 is 20.0. The molecule has 1 N–H and O–H groups in total. The van der Waals surface area contributed by atoms with Crippen LogP contribution in [0.15, 0.2) is 47.6 Å². The fourth-order valence-corrected chi connectivity index (χ4v) is 3.54. The molecular formula is C19H17Cl3N4O4S2. The highest BCUT2D eigenvalue weighted by atomic mass is 35.5. The number of oxime groups is 1. The molecular weight excluding hydrogens is 519 g/mol. The maximum absolute atomic E-state index is 12.9. The van der Waals surface area contributed by atoms with Crippen LogP contribution < -0.4 is 9.62 Å². The minimum atomic E-state index is -0.859. The Hall–Kier alpha value is -2.11. The smallest absolute Gasteiger partial charge is 0.296 e. The average Bonchev–Trinajstić information content (AvgIpc) is 2.75. The number of carbonyl (C=O) groups is 3. The van der Waals surface area contributed by atoms with E-state index in [1.165, 1.54) is 43.1 Å². The van der Waals surface area contributed by atoms with Crippen molar-refractivity contribution in [3.63, 3.8) is 0 Å². The first-order valence-electron chi connectivity index (χ1n) is 8.70. The molecule has 13 heteroatoms. The highest BCUT2D eigenvalue weighted by Crippen LogP contribution is 2.28. The number of rotatable bonds is 5. The number of carbonyl (C=O) groups excluding carboxylic acids is 3. The monoisotopic (exact) mass is 534 g/mol. The number of hydrogen-bond acceptors (Lipinski definition) is 7. The third kappa shape index (κ3) is 7.21. The normalized spacial score (nSPS) is 11.0. The number of benzene rings is 2. The molecule has 0 aliphatic rings. The van der Waals surface area contributed by atoms with Crippen molar-refractivity contribution in [2.75, 3.05) is 17.6 Å². The molecule has 0 bridgehead atoms. The summed E-state index contributed by atoms with van der Waals surface area (Å²) in [5.41, 5.74) is 0.276. The predicted molar refractivity (Wildman–Crippen MR) is 132 cm³/mol. The van der Waals surface area contributed by atoms with Crippen LogP contribution in [0.1, 0.15) is 17.3 Å². The molecule has 170 valence electrons. The first-order valence-corrected chi connectivity index (χ1v) is 11.8. The van der Waals surface area contributed by atoms with Crippen molar-refractivity contribution < 1.29 is 19.2 Å². The largest absolute Gasteiger partial charge is 0.447 e. The first kappa shape index (κ1) is 26.1. The van der Waals surface area contributed by atoms with Gasteiger partial charge in [0.05, 0.1) is 33.4 Å². The van der Waals surface area contributed by atoms with Gasteiger partial charge >= 0.3 is 12.1 Å². The Morgan fingerprint density at radius 2 is 1.62 bits per heavy atom. The highest BCUT2D eigenvalue weighted by molar-refractivity contribution is 8.13. The minimum Gasteiger partial charge on any atom is -0.296 e. The van der Waals surface area contributed by atoms with E-state index in [9.17, 15) is 14.4 Å². The lowest BCUT2D eigenvalue weighted by molar-refractivity contribution is 0.0966. The summed E-state index contributed by atoms with van der Waals surface area (Å²) in [7, 11) is 1.37. The molecule has 0 aliphatic heterocycles. The number of urea groups is 1. The average molecular weight is 536 g/mol. The Kier molecular flexibility index (Phi) is 9.98. The van der Waals surface area contributed by atoms with E-state index in [0.29, 0.717) is 27.9 Å². The lowest BCUT2D eigenvalue weighted by Gasteiger charge is -2.25. The standard InChI is InChI=1S/C19H17Cl3N4O4S2/c1-11(31-3)24-30-19(29)25(2)32-26(13-9-7-12(20)8-10-13)18(28)23-17(27)16-14(21)5-4-6-15(16)22/h4-10H,1-3H3,(H,23,27,28)/b24-11+. The van der Waals surface area contributed by atoms with Crippen LogP contribution in [0.25, 0.3) is 0 Å². The van der Waals surface area contributed by atoms with Crippen molar-refractivity contribution in [1.29, 1.82) is 0 Å². The van der Waals surface area contributed by atoms with Crippen molar-refractivity contribution in [3.05, 3.63) is 63.1 Å². The third-order valence-corrected chi connectivity index (χ3v) is 6.15. The molecule has 8 nitrogen and oxygen atoms in total. The van der Waals surface area contributed by atoms with Gasteiger partial charge in [0, 0.05) is 12.1 Å². The molecule has 2 aromatic rings. The molecule has 2 rings (SSSR count). The summed E-state index contributed by atoms with van der Waals surface area (Å²) in [4.78, 5) is 42.6. The molecule has 0 spiro atoms. The van der Waals surface area contributed by atoms with E-state index in [2.05, 4.69) is 10.5 Å². The molecule has 0 saturated carbocycles. The second-order valence-corrected chi connectivity index (χ2v) is 9.20. The lowest BCUT2D eigenvalue weighted by Crippen LogP contribution is -2.42. The highest BCUT2D eigenvalue weighted by Gasteiger charge is 2.26. The van der Waals surface area contributed by atoms with Crippen molar-refractivity contribution in [3.8, 4) is 0 Å². The maximum Gasteiger partial charge on any atom is 0.447 e. The van der Waals surface area contributed by atoms with E-state index in [4.69, 9.17) is 39.6 Å². The number of halogens is 3. The molecule has 0 aliphatic carbocycles. The predicted octanol–water partition coefficient (Wildman–Crippen LogP) is 6.33. The minimum absolute atomic E-state index is 0.0557. The van der Waals surface area contributed by atoms with Crippen molar-refractivity contribution in [2.24, 2.45) is 5.16 Å². The fourth-order valence-electron chi connectivity index (χ4n) is 2.06. The molecule has 0 atom stereocenters. The van der Waals surface area contributed by atoms with Gasteiger partial charge in [-0.15, -0.1) is 11.8 Å². The summed E-state index contributed by atoms with van der Waals surface area (Å²) in [5, 5.41) is 7.00. The van der Waals surface area contributed by atoms with Crippen molar-refractivity contribution in [1.82, 2.24) is 9.62 Å². The molecule has 0 unspecified atom stereocenters. The van der Waals surface area contributed by atoms with Crippen LogP contribution >= 0.6 is 58.7 Å². The van der Waals surface area contributed by atoms with Gasteiger partial charge in [-0.3, -0.25) is 14.9 Å². The maximum atomic E-state index is 12.9. The van der Waals surface area contributed by atoms with Gasteiger partial charge in [-0.05, 0) is 49.6 Å². The number of imide groups is 1. The SMILES string of the molecule is CS/C(C)=N/OC(=O)N(C)SN(C(=O)NC(=O)c1c(Cl)cccc1Cl)c1ccc(Cl)cc1. The van der Waals surface area contributed by atoms with Crippen LogP contribution in [-0.4, -0.2) is 40.7 Å². The van der Waals surface area contributed by atoms with Crippen molar-refractivity contribution >= 4 is 87.5 Å². The number of anilines is 1. The van der Waals surface area contributed by atoms with Crippen LogP contribution in [0.5, 0.6) is 0 Å². The summed E-state index contributed by atoms with van der Waals surface area (Å²) in [6.07, 6.45) is 0.940. The van der Waals surface area contributed by atoms with Crippen LogP contribution in [0.4, 0.5) is 15.3 Å². The van der Waals surface area contributed by atoms with Gasteiger partial charge in [0.1, 0.15) is 5.04 Å². The van der Waals surface area contributed by atoms with Crippen LogP contribution in [-0.2, 0) is 4.84 Å². The van der Waals surface area contributed by atoms with Gasteiger partial charge in [0.2, 0.25) is 0 Å². The molecule has 4 amide bonds. The Labute approximate surface area is 208 Å². The van der Waals surface area contributed by atoms with Gasteiger partial charge in [-0.1, -0.05) is 46.0 Å². The Bertz CT molecular complexity index is 1020. The topological polar surface area (TPSA) is 91.3 Å².